The number of hydrogen-bond donors (Lipinski definition) is 4. The lowest BCUT2D eigenvalue weighted by Gasteiger charge is -2.07. The Morgan fingerprint density at radius 1 is 1.20 bits per heavy atom. The molecule has 0 saturated carbocycles. The number of halogens is 1. The van der Waals surface area contributed by atoms with Gasteiger partial charge in [0.25, 0.3) is 0 Å². The van der Waals surface area contributed by atoms with Crippen LogP contribution in [0.4, 0.5) is 10.5 Å². The Morgan fingerprint density at radius 3 is 2.40 bits per heavy atom. The average Bonchev–Trinajstić information content (AvgIpc) is 2.38. The Labute approximate surface area is 124 Å². The van der Waals surface area contributed by atoms with Crippen LogP contribution in [0.3, 0.4) is 0 Å². The van der Waals surface area contributed by atoms with Crippen molar-refractivity contribution in [3.63, 3.8) is 0 Å². The molecule has 0 heterocycles. The van der Waals surface area contributed by atoms with Gasteiger partial charge in [-0.15, -0.1) is 12.4 Å². The van der Waals surface area contributed by atoms with Crippen LogP contribution in [0.15, 0.2) is 24.3 Å². The van der Waals surface area contributed by atoms with Crippen LogP contribution in [0.25, 0.3) is 0 Å². The van der Waals surface area contributed by atoms with Crippen molar-refractivity contribution in [2.24, 2.45) is 5.73 Å². The van der Waals surface area contributed by atoms with Crippen LogP contribution in [-0.2, 0) is 11.3 Å². The molecule has 5 N–H and O–H groups in total. The van der Waals surface area contributed by atoms with Gasteiger partial charge in [0.1, 0.15) is 0 Å². The zero-order valence-electron chi connectivity index (χ0n) is 11.4. The SMILES string of the molecule is CNCCCC(=O)Nc1ccc(CNC(N)=O)cc1.Cl. The van der Waals surface area contributed by atoms with Crippen molar-refractivity contribution in [2.45, 2.75) is 19.4 Å². The summed E-state index contributed by atoms with van der Waals surface area (Å²) in [6.07, 6.45) is 1.30. The Hall–Kier alpha value is -1.79. The third-order valence-electron chi connectivity index (χ3n) is 2.54. The highest BCUT2D eigenvalue weighted by atomic mass is 35.5. The molecule has 0 aliphatic heterocycles. The monoisotopic (exact) mass is 300 g/mol. The summed E-state index contributed by atoms with van der Waals surface area (Å²) < 4.78 is 0. The highest BCUT2D eigenvalue weighted by Crippen LogP contribution is 2.10. The first-order chi connectivity index (χ1) is 9.11. The molecule has 0 radical (unpaired) electrons. The first kappa shape index (κ1) is 18.2. The Morgan fingerprint density at radius 2 is 1.85 bits per heavy atom. The molecule has 6 nitrogen and oxygen atoms in total. The lowest BCUT2D eigenvalue weighted by atomic mass is 10.2. The summed E-state index contributed by atoms with van der Waals surface area (Å²) >= 11 is 0. The van der Waals surface area contributed by atoms with E-state index < -0.39 is 6.03 Å². The van der Waals surface area contributed by atoms with Crippen molar-refractivity contribution < 1.29 is 9.59 Å². The van der Waals surface area contributed by atoms with E-state index in [1.165, 1.54) is 0 Å². The van der Waals surface area contributed by atoms with Crippen molar-refractivity contribution >= 4 is 30.0 Å². The lowest BCUT2D eigenvalue weighted by Crippen LogP contribution is -2.28. The van der Waals surface area contributed by atoms with Gasteiger partial charge in [0.15, 0.2) is 0 Å². The molecule has 1 aromatic carbocycles. The molecule has 0 aliphatic rings. The van der Waals surface area contributed by atoms with Gasteiger partial charge in [-0.05, 0) is 37.7 Å². The molecule has 0 bridgehead atoms. The van der Waals surface area contributed by atoms with Gasteiger partial charge in [-0.2, -0.15) is 0 Å². The number of benzene rings is 1. The minimum atomic E-state index is -0.554. The van der Waals surface area contributed by atoms with Crippen LogP contribution in [-0.4, -0.2) is 25.5 Å². The fourth-order valence-electron chi connectivity index (χ4n) is 1.54. The molecule has 0 spiro atoms. The normalized spacial score (nSPS) is 9.45. The summed E-state index contributed by atoms with van der Waals surface area (Å²) in [5.41, 5.74) is 6.65. The second-order valence-corrected chi connectivity index (χ2v) is 4.17. The Kier molecular flexibility index (Phi) is 9.15. The number of amides is 3. The summed E-state index contributed by atoms with van der Waals surface area (Å²) in [6, 6.07) is 6.71. The maximum absolute atomic E-state index is 11.6. The third-order valence-corrected chi connectivity index (χ3v) is 2.54. The second kappa shape index (κ2) is 10.1. The number of urea groups is 1. The van der Waals surface area contributed by atoms with E-state index in [0.717, 1.165) is 24.2 Å². The van der Waals surface area contributed by atoms with E-state index in [0.29, 0.717) is 13.0 Å². The summed E-state index contributed by atoms with van der Waals surface area (Å²) in [7, 11) is 1.86. The van der Waals surface area contributed by atoms with Gasteiger partial charge in [0.2, 0.25) is 5.91 Å². The predicted molar refractivity (Wildman–Crippen MR) is 81.9 cm³/mol. The van der Waals surface area contributed by atoms with E-state index in [1.54, 1.807) is 12.1 Å². The minimum absolute atomic E-state index is 0. The van der Waals surface area contributed by atoms with E-state index in [4.69, 9.17) is 5.73 Å². The second-order valence-electron chi connectivity index (χ2n) is 4.17. The summed E-state index contributed by atoms with van der Waals surface area (Å²) in [4.78, 5) is 22.1. The highest BCUT2D eigenvalue weighted by molar-refractivity contribution is 5.90. The third kappa shape index (κ3) is 7.60. The number of anilines is 1. The van der Waals surface area contributed by atoms with Crippen molar-refractivity contribution in [1.29, 1.82) is 0 Å². The number of nitrogens with two attached hydrogens (primary N) is 1. The molecule has 7 heteroatoms. The van der Waals surface area contributed by atoms with E-state index in [2.05, 4.69) is 16.0 Å². The number of carbonyl (C=O) groups excluding carboxylic acids is 2. The number of rotatable bonds is 7. The molecule has 0 aromatic heterocycles. The van der Waals surface area contributed by atoms with Gasteiger partial charge in [0, 0.05) is 18.7 Å². The average molecular weight is 301 g/mol. The fourth-order valence-corrected chi connectivity index (χ4v) is 1.54. The van der Waals surface area contributed by atoms with Crippen molar-refractivity contribution in [3.05, 3.63) is 29.8 Å². The number of carbonyl (C=O) groups is 2. The van der Waals surface area contributed by atoms with Crippen LogP contribution in [0, 0.1) is 0 Å². The van der Waals surface area contributed by atoms with E-state index >= 15 is 0 Å². The molecule has 0 atom stereocenters. The number of nitrogens with one attached hydrogen (secondary N) is 3. The molecule has 1 aromatic rings. The smallest absolute Gasteiger partial charge is 0.312 e. The van der Waals surface area contributed by atoms with Gasteiger partial charge >= 0.3 is 6.03 Å². The van der Waals surface area contributed by atoms with Crippen LogP contribution >= 0.6 is 12.4 Å². The fraction of sp³-hybridized carbons (Fsp3) is 0.385. The van der Waals surface area contributed by atoms with Crippen LogP contribution in [0.5, 0.6) is 0 Å². The van der Waals surface area contributed by atoms with Gasteiger partial charge < -0.3 is 21.7 Å². The van der Waals surface area contributed by atoms with E-state index in [9.17, 15) is 9.59 Å². The maximum atomic E-state index is 11.6. The van der Waals surface area contributed by atoms with Crippen molar-refractivity contribution in [2.75, 3.05) is 18.9 Å². The van der Waals surface area contributed by atoms with Gasteiger partial charge in [-0.3, -0.25) is 4.79 Å². The van der Waals surface area contributed by atoms with E-state index in [-0.39, 0.29) is 18.3 Å². The zero-order valence-corrected chi connectivity index (χ0v) is 12.3. The van der Waals surface area contributed by atoms with Crippen LogP contribution in [0.1, 0.15) is 18.4 Å². The zero-order chi connectivity index (χ0) is 14.1. The highest BCUT2D eigenvalue weighted by Gasteiger charge is 2.02. The molecule has 0 aliphatic carbocycles. The van der Waals surface area contributed by atoms with Gasteiger partial charge in [-0.1, -0.05) is 12.1 Å². The molecular formula is C13H21ClN4O2. The Bertz CT molecular complexity index is 423. The molecule has 0 unspecified atom stereocenters. The molecule has 3 amide bonds. The summed E-state index contributed by atoms with van der Waals surface area (Å²) in [6.45, 7) is 1.21. The topological polar surface area (TPSA) is 96.2 Å². The Balaban J connectivity index is 0.00000361. The minimum Gasteiger partial charge on any atom is -0.352 e. The molecule has 20 heavy (non-hydrogen) atoms. The quantitative estimate of drug-likeness (QED) is 0.570. The molecular weight excluding hydrogens is 280 g/mol. The molecule has 1 rings (SSSR count). The number of hydrogen-bond acceptors (Lipinski definition) is 3. The number of primary amides is 1. The molecule has 0 fully saturated rings. The van der Waals surface area contributed by atoms with Crippen LogP contribution < -0.4 is 21.7 Å². The summed E-state index contributed by atoms with van der Waals surface area (Å²) in [5.74, 6) is -0.00161. The molecule has 112 valence electrons. The largest absolute Gasteiger partial charge is 0.352 e. The van der Waals surface area contributed by atoms with E-state index in [1.807, 2.05) is 19.2 Å². The first-order valence-electron chi connectivity index (χ1n) is 6.18. The van der Waals surface area contributed by atoms with Gasteiger partial charge in [0.05, 0.1) is 0 Å². The van der Waals surface area contributed by atoms with Crippen molar-refractivity contribution in [3.8, 4) is 0 Å². The predicted octanol–water partition coefficient (Wildman–Crippen LogP) is 1.21. The van der Waals surface area contributed by atoms with Crippen LogP contribution in [0.2, 0.25) is 0 Å². The van der Waals surface area contributed by atoms with Crippen molar-refractivity contribution in [1.82, 2.24) is 10.6 Å². The maximum Gasteiger partial charge on any atom is 0.312 e. The first-order valence-corrected chi connectivity index (χ1v) is 6.18. The molecule has 0 saturated heterocycles. The lowest BCUT2D eigenvalue weighted by molar-refractivity contribution is -0.116. The standard InChI is InChI=1S/C13H20N4O2.ClH/c1-15-8-2-3-12(18)17-11-6-4-10(5-7-11)9-16-13(14)19;/h4-7,15H,2-3,8-9H2,1H3,(H,17,18)(H3,14,16,19);1H. The van der Waals surface area contributed by atoms with Gasteiger partial charge in [-0.25, -0.2) is 4.79 Å². The summed E-state index contributed by atoms with van der Waals surface area (Å²) in [5, 5.41) is 8.31.